The Labute approximate surface area is 68.3 Å². The molecule has 0 aromatic carbocycles. The number of rotatable bonds is 3. The van der Waals surface area contributed by atoms with Crippen LogP contribution in [-0.2, 0) is 0 Å². The van der Waals surface area contributed by atoms with Crippen molar-refractivity contribution in [3.05, 3.63) is 24.3 Å². The van der Waals surface area contributed by atoms with Crippen molar-refractivity contribution in [2.24, 2.45) is 0 Å². The third-order valence-corrected chi connectivity index (χ3v) is 1.18. The highest BCUT2D eigenvalue weighted by molar-refractivity contribution is 6.17. The number of alkyl halides is 4. The maximum Gasteiger partial charge on any atom is 0.415 e. The fourth-order valence-corrected chi connectivity index (χ4v) is 0.509. The van der Waals surface area contributed by atoms with Gasteiger partial charge in [0.15, 0.2) is 0 Å². The first-order valence-corrected chi connectivity index (χ1v) is 3.50. The molecule has 0 unspecified atom stereocenters. The molecule has 0 rings (SSSR count). The molecule has 0 amide bonds. The number of halogens is 4. The summed E-state index contributed by atoms with van der Waals surface area (Å²) in [4.78, 5) is 0. The van der Waals surface area contributed by atoms with E-state index in [1.54, 1.807) is 0 Å². The van der Waals surface area contributed by atoms with Crippen LogP contribution in [-0.4, -0.2) is 12.1 Å². The van der Waals surface area contributed by atoms with Crippen LogP contribution in [0.25, 0.3) is 0 Å². The molecule has 0 fully saturated rings. The average Bonchev–Trinajstić information content (AvgIpc) is 1.86. The third-order valence-electron chi connectivity index (χ3n) is 0.959. The molecule has 64 valence electrons. The van der Waals surface area contributed by atoms with Crippen LogP contribution >= 0.6 is 11.6 Å². The van der Waals surface area contributed by atoms with Gasteiger partial charge in [0.2, 0.25) is 0 Å². The summed E-state index contributed by atoms with van der Waals surface area (Å²) >= 11 is 5.24. The molecule has 0 aromatic heterocycles. The number of hydrogen-bond donors (Lipinski definition) is 0. The normalized spacial score (nSPS) is 12.4. The van der Waals surface area contributed by atoms with Crippen LogP contribution in [0.2, 0.25) is 0 Å². The van der Waals surface area contributed by atoms with Gasteiger partial charge < -0.3 is 0 Å². The molecule has 0 aliphatic heterocycles. The van der Waals surface area contributed by atoms with Gasteiger partial charge in [-0.25, -0.2) is 0 Å². The fourth-order valence-electron chi connectivity index (χ4n) is 0.383. The Kier molecular flexibility index (Phi) is 4.26. The van der Waals surface area contributed by atoms with Gasteiger partial charge >= 0.3 is 6.18 Å². The van der Waals surface area contributed by atoms with E-state index in [0.29, 0.717) is 12.3 Å². The monoisotopic (exact) mass is 184 g/mol. The first-order chi connectivity index (χ1) is 4.98. The van der Waals surface area contributed by atoms with Gasteiger partial charge in [0.05, 0.1) is 0 Å². The van der Waals surface area contributed by atoms with Crippen molar-refractivity contribution in [2.75, 3.05) is 5.88 Å². The van der Waals surface area contributed by atoms with E-state index in [-0.39, 0.29) is 0 Å². The SMILES string of the molecule is C=C(/C=C/CCCl)C(F)(F)F. The highest BCUT2D eigenvalue weighted by Crippen LogP contribution is 2.24. The molecule has 0 aliphatic rings. The summed E-state index contributed by atoms with van der Waals surface area (Å²) in [7, 11) is 0. The summed E-state index contributed by atoms with van der Waals surface area (Å²) in [5, 5.41) is 0. The van der Waals surface area contributed by atoms with E-state index in [4.69, 9.17) is 11.6 Å². The van der Waals surface area contributed by atoms with Crippen molar-refractivity contribution in [1.29, 1.82) is 0 Å². The molecule has 4 heteroatoms. The van der Waals surface area contributed by atoms with Gasteiger partial charge in [-0.2, -0.15) is 13.2 Å². The second kappa shape index (κ2) is 4.44. The minimum Gasteiger partial charge on any atom is -0.166 e. The molecular formula is C7H8ClF3. The summed E-state index contributed by atoms with van der Waals surface area (Å²) in [5.74, 6) is 0.321. The van der Waals surface area contributed by atoms with Crippen molar-refractivity contribution in [3.63, 3.8) is 0 Å². The van der Waals surface area contributed by atoms with Gasteiger partial charge in [-0.15, -0.1) is 11.6 Å². The van der Waals surface area contributed by atoms with Crippen molar-refractivity contribution < 1.29 is 13.2 Å². The van der Waals surface area contributed by atoms with E-state index in [1.165, 1.54) is 6.08 Å². The lowest BCUT2D eigenvalue weighted by molar-refractivity contribution is -0.0878. The summed E-state index contributed by atoms with van der Waals surface area (Å²) in [6.45, 7) is 2.84. The standard InChI is InChI=1S/C7H8ClF3/c1-6(7(9,10)11)4-2-3-5-8/h2,4H,1,3,5H2/b4-2+. The maximum atomic E-state index is 11.7. The predicted octanol–water partition coefficient (Wildman–Crippen LogP) is 3.29. The smallest absolute Gasteiger partial charge is 0.166 e. The van der Waals surface area contributed by atoms with Crippen LogP contribution in [0.3, 0.4) is 0 Å². The van der Waals surface area contributed by atoms with Crippen LogP contribution in [0.15, 0.2) is 24.3 Å². The Bertz CT molecular complexity index is 158. The molecule has 0 bridgehead atoms. The zero-order valence-electron chi connectivity index (χ0n) is 5.79. The molecule has 0 nitrogen and oxygen atoms in total. The summed E-state index contributed by atoms with van der Waals surface area (Å²) in [6.07, 6.45) is -1.61. The lowest BCUT2D eigenvalue weighted by Crippen LogP contribution is -2.08. The van der Waals surface area contributed by atoms with Crippen LogP contribution in [0.5, 0.6) is 0 Å². The number of hydrogen-bond acceptors (Lipinski definition) is 0. The van der Waals surface area contributed by atoms with Crippen LogP contribution in [0, 0.1) is 0 Å². The summed E-state index contributed by atoms with van der Waals surface area (Å²) in [6, 6.07) is 0. The first-order valence-electron chi connectivity index (χ1n) is 2.97. The van der Waals surface area contributed by atoms with Crippen LogP contribution in [0.1, 0.15) is 6.42 Å². The molecule has 0 atom stereocenters. The Morgan fingerprint density at radius 1 is 1.45 bits per heavy atom. The third kappa shape index (κ3) is 4.90. The number of allylic oxidation sites excluding steroid dienone is 3. The lowest BCUT2D eigenvalue weighted by atomic mass is 10.2. The van der Waals surface area contributed by atoms with Gasteiger partial charge in [-0.1, -0.05) is 18.7 Å². The van der Waals surface area contributed by atoms with Crippen molar-refractivity contribution in [2.45, 2.75) is 12.6 Å². The molecule has 0 saturated heterocycles. The minimum absolute atomic E-state index is 0.321. The fraction of sp³-hybridized carbons (Fsp3) is 0.429. The Hall–Kier alpha value is -0.440. The zero-order valence-corrected chi connectivity index (χ0v) is 6.54. The highest BCUT2D eigenvalue weighted by atomic mass is 35.5. The van der Waals surface area contributed by atoms with Crippen molar-refractivity contribution >= 4 is 11.6 Å². The van der Waals surface area contributed by atoms with E-state index in [2.05, 4.69) is 6.58 Å². The van der Waals surface area contributed by atoms with E-state index in [9.17, 15) is 13.2 Å². The zero-order chi connectivity index (χ0) is 8.91. The molecule has 0 saturated carbocycles. The lowest BCUT2D eigenvalue weighted by Gasteiger charge is -2.03. The second-order valence-corrected chi connectivity index (χ2v) is 2.28. The molecule has 11 heavy (non-hydrogen) atoms. The van der Waals surface area contributed by atoms with E-state index in [0.717, 1.165) is 6.08 Å². The van der Waals surface area contributed by atoms with Crippen LogP contribution < -0.4 is 0 Å². The first kappa shape index (κ1) is 10.6. The van der Waals surface area contributed by atoms with Crippen LogP contribution in [0.4, 0.5) is 13.2 Å². The molecular weight excluding hydrogens is 177 g/mol. The second-order valence-electron chi connectivity index (χ2n) is 1.90. The Morgan fingerprint density at radius 3 is 2.36 bits per heavy atom. The predicted molar refractivity (Wildman–Crippen MR) is 39.7 cm³/mol. The topological polar surface area (TPSA) is 0 Å². The average molecular weight is 185 g/mol. The highest BCUT2D eigenvalue weighted by Gasteiger charge is 2.29. The van der Waals surface area contributed by atoms with Gasteiger partial charge in [0.25, 0.3) is 0 Å². The van der Waals surface area contributed by atoms with Gasteiger partial charge in [0.1, 0.15) is 0 Å². The summed E-state index contributed by atoms with van der Waals surface area (Å²) in [5.41, 5.74) is -0.845. The molecule has 0 N–H and O–H groups in total. The molecule has 0 spiro atoms. The van der Waals surface area contributed by atoms with Crippen molar-refractivity contribution in [1.82, 2.24) is 0 Å². The van der Waals surface area contributed by atoms with E-state index in [1.807, 2.05) is 0 Å². The van der Waals surface area contributed by atoms with Gasteiger partial charge in [-0.3, -0.25) is 0 Å². The summed E-state index contributed by atoms with van der Waals surface area (Å²) < 4.78 is 35.1. The molecule has 0 aromatic rings. The minimum atomic E-state index is -4.32. The van der Waals surface area contributed by atoms with E-state index < -0.39 is 11.7 Å². The molecule has 0 aliphatic carbocycles. The maximum absolute atomic E-state index is 11.7. The quantitative estimate of drug-likeness (QED) is 0.467. The molecule has 0 heterocycles. The Morgan fingerprint density at radius 2 is 2.00 bits per heavy atom. The molecule has 0 radical (unpaired) electrons. The van der Waals surface area contributed by atoms with E-state index >= 15 is 0 Å². The van der Waals surface area contributed by atoms with Gasteiger partial charge in [-0.05, 0) is 6.42 Å². The Balaban J connectivity index is 3.88. The van der Waals surface area contributed by atoms with Gasteiger partial charge in [0, 0.05) is 11.5 Å². The van der Waals surface area contributed by atoms with Crippen molar-refractivity contribution in [3.8, 4) is 0 Å². The largest absolute Gasteiger partial charge is 0.415 e.